The van der Waals surface area contributed by atoms with E-state index in [1.807, 2.05) is 0 Å². The van der Waals surface area contributed by atoms with Crippen LogP contribution in [0.3, 0.4) is 0 Å². The molecule has 3 aromatic carbocycles. The molecular formula is C27H18F4N2O6S. The van der Waals surface area contributed by atoms with E-state index in [1.165, 1.54) is 18.6 Å². The van der Waals surface area contributed by atoms with Crippen LogP contribution in [0.2, 0.25) is 0 Å². The number of aliphatic hydroxyl groups is 2. The highest BCUT2D eigenvalue weighted by atomic mass is 32.1. The fraction of sp³-hybridized carbons (Fsp3) is 0.259. The average Bonchev–Trinajstić information content (AvgIpc) is 3.51. The number of halogens is 4. The summed E-state index contributed by atoms with van der Waals surface area (Å²) < 4.78 is 71.4. The first-order valence-electron chi connectivity index (χ1n) is 12.1. The number of rotatable bonds is 2. The van der Waals surface area contributed by atoms with Gasteiger partial charge in [-0.15, -0.1) is 11.3 Å². The Morgan fingerprint density at radius 2 is 1.57 bits per heavy atom. The molecule has 2 amide bonds. The number of fused-ring (bicyclic) bond motifs is 10. The van der Waals surface area contributed by atoms with Crippen molar-refractivity contribution in [1.82, 2.24) is 9.88 Å². The van der Waals surface area contributed by atoms with E-state index in [0.717, 1.165) is 35.6 Å². The van der Waals surface area contributed by atoms with Crippen molar-refractivity contribution >= 4 is 65.1 Å². The second-order valence-electron chi connectivity index (χ2n) is 10.1. The van der Waals surface area contributed by atoms with Crippen LogP contribution >= 0.6 is 11.3 Å². The second kappa shape index (κ2) is 8.21. The minimum absolute atomic E-state index is 0.0155. The number of nitrogens with zero attached hydrogens (tertiary/aromatic N) is 1. The molecule has 40 heavy (non-hydrogen) atoms. The van der Waals surface area contributed by atoms with Gasteiger partial charge in [-0.05, 0) is 25.1 Å². The molecule has 0 bridgehead atoms. The lowest BCUT2D eigenvalue weighted by Gasteiger charge is -2.43. The molecule has 2 aliphatic rings. The molecule has 0 radical (unpaired) electrons. The predicted molar refractivity (Wildman–Crippen MR) is 136 cm³/mol. The Kier molecular flexibility index (Phi) is 5.20. The van der Waals surface area contributed by atoms with Gasteiger partial charge < -0.3 is 24.3 Å². The van der Waals surface area contributed by atoms with Gasteiger partial charge in [0.25, 0.3) is 11.8 Å². The molecule has 4 atom stereocenters. The number of carbonyl (C=O) groups is 2. The van der Waals surface area contributed by atoms with Crippen molar-refractivity contribution in [1.29, 1.82) is 0 Å². The van der Waals surface area contributed by atoms with Crippen molar-refractivity contribution in [2.45, 2.75) is 37.6 Å². The molecule has 2 aliphatic heterocycles. The molecule has 0 aliphatic carbocycles. The molecule has 1 saturated heterocycles. The molecule has 1 fully saturated rings. The number of imide groups is 1. The maximum Gasteiger partial charge on any atom is 0.259 e. The van der Waals surface area contributed by atoms with Gasteiger partial charge in [0.05, 0.1) is 33.0 Å². The van der Waals surface area contributed by atoms with E-state index in [-0.39, 0.29) is 59.5 Å². The molecule has 13 heteroatoms. The van der Waals surface area contributed by atoms with E-state index in [4.69, 9.17) is 9.47 Å². The number of aromatic nitrogens is 1. The number of ether oxygens (including phenoxy) is 2. The smallest absolute Gasteiger partial charge is 0.259 e. The molecular weight excluding hydrogens is 556 g/mol. The summed E-state index contributed by atoms with van der Waals surface area (Å²) in [5, 5.41) is 24.4. The standard InChI is InChI=1S/C27H18F4N2O6S/c1-27(38-2)7-15(34)22(35)26(39-27)33-14-5-12(30)10(28)3-8(14)17-19-20(25(37)32-24(19)36)18-9-4-11(29)13(31)6-16(9)40-23(18)21(17)33/h3-6,15,22,26,34-35H,7H2,1-2H3,(H,32,36,37). The minimum Gasteiger partial charge on any atom is -0.390 e. The van der Waals surface area contributed by atoms with Gasteiger partial charge in [0.2, 0.25) is 0 Å². The van der Waals surface area contributed by atoms with Crippen LogP contribution in [0.25, 0.3) is 42.0 Å². The Labute approximate surface area is 225 Å². The van der Waals surface area contributed by atoms with Gasteiger partial charge in [0, 0.05) is 45.8 Å². The number of hydrogen-bond acceptors (Lipinski definition) is 7. The third kappa shape index (κ3) is 3.20. The van der Waals surface area contributed by atoms with Crippen molar-refractivity contribution in [3.63, 3.8) is 0 Å². The summed E-state index contributed by atoms with van der Waals surface area (Å²) in [7, 11) is 1.33. The minimum atomic E-state index is -1.60. The third-order valence-electron chi connectivity index (χ3n) is 7.74. The zero-order valence-corrected chi connectivity index (χ0v) is 21.5. The van der Waals surface area contributed by atoms with Gasteiger partial charge in [0.1, 0.15) is 6.10 Å². The largest absolute Gasteiger partial charge is 0.390 e. The zero-order chi connectivity index (χ0) is 28.4. The van der Waals surface area contributed by atoms with E-state index in [0.29, 0.717) is 0 Å². The first kappa shape index (κ1) is 25.4. The van der Waals surface area contributed by atoms with Gasteiger partial charge in [-0.2, -0.15) is 0 Å². The third-order valence-corrected chi connectivity index (χ3v) is 8.90. The van der Waals surface area contributed by atoms with Gasteiger partial charge in [-0.1, -0.05) is 0 Å². The molecule has 4 unspecified atom stereocenters. The molecule has 3 N–H and O–H groups in total. The van der Waals surface area contributed by atoms with Crippen LogP contribution in [0.15, 0.2) is 24.3 Å². The fourth-order valence-electron chi connectivity index (χ4n) is 5.88. The summed E-state index contributed by atoms with van der Waals surface area (Å²) in [6.07, 6.45) is -4.55. The topological polar surface area (TPSA) is 110 Å². The number of thiophene rings is 1. The Balaban J connectivity index is 1.75. The zero-order valence-electron chi connectivity index (χ0n) is 20.6. The summed E-state index contributed by atoms with van der Waals surface area (Å²) in [5.41, 5.74) is -0.216. The number of methoxy groups -OCH3 is 1. The maximum atomic E-state index is 14.7. The number of hydrogen-bond donors (Lipinski definition) is 3. The molecule has 4 heterocycles. The molecule has 206 valence electrons. The highest BCUT2D eigenvalue weighted by molar-refractivity contribution is 7.26. The van der Waals surface area contributed by atoms with Crippen molar-refractivity contribution in [3.05, 3.63) is 58.7 Å². The normalized spacial score (nSPS) is 25.1. The van der Waals surface area contributed by atoms with Gasteiger partial charge in [0.15, 0.2) is 35.3 Å². The molecule has 5 aromatic rings. The Morgan fingerprint density at radius 3 is 2.25 bits per heavy atom. The Morgan fingerprint density at radius 1 is 0.975 bits per heavy atom. The number of nitrogens with one attached hydrogen (secondary N) is 1. The van der Waals surface area contributed by atoms with Gasteiger partial charge >= 0.3 is 0 Å². The number of benzene rings is 3. The highest BCUT2D eigenvalue weighted by Gasteiger charge is 2.46. The average molecular weight is 575 g/mol. The maximum absolute atomic E-state index is 14.7. The molecule has 0 saturated carbocycles. The summed E-state index contributed by atoms with van der Waals surface area (Å²) in [6.45, 7) is 1.52. The van der Waals surface area contributed by atoms with E-state index in [2.05, 4.69) is 5.32 Å². The number of amides is 2. The monoisotopic (exact) mass is 574 g/mol. The van der Waals surface area contributed by atoms with Crippen LogP contribution in [0.4, 0.5) is 17.6 Å². The fourth-order valence-corrected chi connectivity index (χ4v) is 7.15. The van der Waals surface area contributed by atoms with E-state index < -0.39 is 59.3 Å². The quantitative estimate of drug-likeness (QED) is 0.210. The highest BCUT2D eigenvalue weighted by Crippen LogP contribution is 2.50. The van der Waals surface area contributed by atoms with Crippen molar-refractivity contribution in [3.8, 4) is 0 Å². The molecule has 7 rings (SSSR count). The van der Waals surface area contributed by atoms with Crippen molar-refractivity contribution < 1.29 is 46.8 Å². The van der Waals surface area contributed by atoms with Crippen LogP contribution in [-0.4, -0.2) is 51.7 Å². The molecule has 2 aromatic heterocycles. The lowest BCUT2D eigenvalue weighted by Crippen LogP contribution is -2.51. The molecule has 8 nitrogen and oxygen atoms in total. The van der Waals surface area contributed by atoms with Crippen LogP contribution in [0.5, 0.6) is 0 Å². The summed E-state index contributed by atoms with van der Waals surface area (Å²) in [6, 6.07) is 3.58. The first-order valence-corrected chi connectivity index (χ1v) is 12.9. The predicted octanol–water partition coefficient (Wildman–Crippen LogP) is 4.61. The van der Waals surface area contributed by atoms with Crippen molar-refractivity contribution in [2.75, 3.05) is 7.11 Å². The van der Waals surface area contributed by atoms with E-state index >= 15 is 0 Å². The summed E-state index contributed by atoms with van der Waals surface area (Å²) >= 11 is 0.956. The number of aliphatic hydroxyl groups excluding tert-OH is 2. The lowest BCUT2D eigenvalue weighted by molar-refractivity contribution is -0.319. The number of carbonyl (C=O) groups excluding carboxylic acids is 2. The SMILES string of the molecule is COC1(C)CC(O)C(O)C(n2c3cc(F)c(F)cc3c3c4c(c5c6cc(F)c(F)cc6sc5c32)C(=O)NC4=O)O1. The van der Waals surface area contributed by atoms with Crippen LogP contribution in [0.1, 0.15) is 40.3 Å². The van der Waals surface area contributed by atoms with Crippen LogP contribution in [-0.2, 0) is 9.47 Å². The van der Waals surface area contributed by atoms with Crippen LogP contribution < -0.4 is 5.32 Å². The van der Waals surface area contributed by atoms with Crippen molar-refractivity contribution in [2.24, 2.45) is 0 Å². The van der Waals surface area contributed by atoms with Gasteiger partial charge in [-0.3, -0.25) is 14.9 Å². The lowest BCUT2D eigenvalue weighted by atomic mass is 9.96. The Hall–Kier alpha value is -3.62. The van der Waals surface area contributed by atoms with Crippen LogP contribution in [0, 0.1) is 23.3 Å². The first-order chi connectivity index (χ1) is 18.9. The molecule has 0 spiro atoms. The Bertz CT molecular complexity index is 1990. The van der Waals surface area contributed by atoms with Gasteiger partial charge in [-0.25, -0.2) is 17.6 Å². The summed E-state index contributed by atoms with van der Waals surface area (Å²) in [5.74, 6) is -7.84. The summed E-state index contributed by atoms with van der Waals surface area (Å²) in [4.78, 5) is 26.2. The van der Waals surface area contributed by atoms with E-state index in [9.17, 15) is 37.4 Å². The second-order valence-corrected chi connectivity index (χ2v) is 11.1. The van der Waals surface area contributed by atoms with E-state index in [1.54, 1.807) is 0 Å².